The van der Waals surface area contributed by atoms with Crippen molar-refractivity contribution in [3.8, 4) is 5.75 Å². The Kier molecular flexibility index (Phi) is 2.82. The molecule has 1 nitrogen and oxygen atoms in total. The van der Waals surface area contributed by atoms with Crippen molar-refractivity contribution in [1.82, 2.24) is 0 Å². The summed E-state index contributed by atoms with van der Waals surface area (Å²) in [5.74, 6) is 1.03. The Bertz CT molecular complexity index is 370. The average Bonchev–Trinajstić information content (AvgIpc) is 2.42. The SMILES string of the molecule is C[Si](C)(C)CC1Cc2cc(Cl)ccc2O1. The molecule has 1 aliphatic rings. The number of fused-ring (bicyclic) bond motifs is 1. The van der Waals surface area contributed by atoms with Gasteiger partial charge in [-0.15, -0.1) is 0 Å². The quantitative estimate of drug-likeness (QED) is 0.711. The maximum absolute atomic E-state index is 5.96. The van der Waals surface area contributed by atoms with E-state index in [2.05, 4.69) is 19.6 Å². The molecule has 0 aliphatic carbocycles. The lowest BCUT2D eigenvalue weighted by molar-refractivity contribution is 0.252. The monoisotopic (exact) mass is 240 g/mol. The number of benzene rings is 1. The predicted molar refractivity (Wildman–Crippen MR) is 67.7 cm³/mol. The summed E-state index contributed by atoms with van der Waals surface area (Å²) in [6, 6.07) is 7.14. The highest BCUT2D eigenvalue weighted by Crippen LogP contribution is 2.33. The largest absolute Gasteiger partial charge is 0.490 e. The highest BCUT2D eigenvalue weighted by molar-refractivity contribution is 6.76. The Morgan fingerprint density at radius 2 is 2.13 bits per heavy atom. The molecule has 2 rings (SSSR count). The summed E-state index contributed by atoms with van der Waals surface area (Å²) in [7, 11) is -1.03. The van der Waals surface area contributed by atoms with Crippen molar-refractivity contribution < 1.29 is 4.74 Å². The van der Waals surface area contributed by atoms with Gasteiger partial charge in [-0.3, -0.25) is 0 Å². The second-order valence-electron chi connectivity index (χ2n) is 5.46. The van der Waals surface area contributed by atoms with Gasteiger partial charge in [0.05, 0.1) is 0 Å². The Labute approximate surface area is 97.4 Å². The maximum atomic E-state index is 5.96. The Morgan fingerprint density at radius 1 is 1.40 bits per heavy atom. The van der Waals surface area contributed by atoms with Crippen molar-refractivity contribution in [3.05, 3.63) is 28.8 Å². The molecule has 0 aromatic heterocycles. The zero-order valence-electron chi connectivity index (χ0n) is 9.51. The summed E-state index contributed by atoms with van der Waals surface area (Å²) in [6.45, 7) is 7.14. The summed E-state index contributed by atoms with van der Waals surface area (Å²) in [6.07, 6.45) is 1.41. The topological polar surface area (TPSA) is 9.23 Å². The molecule has 0 fully saturated rings. The van der Waals surface area contributed by atoms with Gasteiger partial charge in [-0.25, -0.2) is 0 Å². The van der Waals surface area contributed by atoms with Gasteiger partial charge in [0, 0.05) is 19.5 Å². The Morgan fingerprint density at radius 3 is 2.80 bits per heavy atom. The number of rotatable bonds is 2. The van der Waals surface area contributed by atoms with Crippen LogP contribution in [0.3, 0.4) is 0 Å². The van der Waals surface area contributed by atoms with Crippen LogP contribution in [-0.4, -0.2) is 14.2 Å². The minimum atomic E-state index is -1.03. The van der Waals surface area contributed by atoms with E-state index in [0.29, 0.717) is 6.10 Å². The van der Waals surface area contributed by atoms with Gasteiger partial charge in [-0.2, -0.15) is 0 Å². The summed E-state index contributed by atoms with van der Waals surface area (Å²) >= 11 is 5.96. The van der Waals surface area contributed by atoms with Crippen molar-refractivity contribution in [2.75, 3.05) is 0 Å². The molecule has 0 saturated heterocycles. The van der Waals surface area contributed by atoms with Gasteiger partial charge in [0.1, 0.15) is 11.9 Å². The van der Waals surface area contributed by atoms with E-state index in [-0.39, 0.29) is 0 Å². The van der Waals surface area contributed by atoms with Gasteiger partial charge >= 0.3 is 0 Å². The van der Waals surface area contributed by atoms with Crippen LogP contribution in [0.15, 0.2) is 18.2 Å². The first kappa shape index (κ1) is 11.0. The van der Waals surface area contributed by atoms with Crippen LogP contribution in [-0.2, 0) is 6.42 Å². The van der Waals surface area contributed by atoms with E-state index in [1.807, 2.05) is 18.2 Å². The fourth-order valence-corrected chi connectivity index (χ4v) is 3.87. The highest BCUT2D eigenvalue weighted by Gasteiger charge is 2.28. The molecule has 0 spiro atoms. The van der Waals surface area contributed by atoms with Crippen molar-refractivity contribution >= 4 is 19.7 Å². The summed E-state index contributed by atoms with van der Waals surface area (Å²) in [5.41, 5.74) is 1.27. The molecule has 82 valence electrons. The van der Waals surface area contributed by atoms with Crippen LogP contribution in [0.25, 0.3) is 0 Å². The van der Waals surface area contributed by atoms with Crippen LogP contribution in [0.5, 0.6) is 5.75 Å². The molecule has 15 heavy (non-hydrogen) atoms. The highest BCUT2D eigenvalue weighted by atomic mass is 35.5. The van der Waals surface area contributed by atoms with Crippen LogP contribution in [0.2, 0.25) is 30.7 Å². The molecule has 1 aromatic rings. The molecule has 1 unspecified atom stereocenters. The molecule has 0 bridgehead atoms. The molecule has 1 aliphatic heterocycles. The van der Waals surface area contributed by atoms with Gasteiger partial charge < -0.3 is 4.74 Å². The lowest BCUT2D eigenvalue weighted by Gasteiger charge is -2.20. The van der Waals surface area contributed by atoms with Crippen molar-refractivity contribution in [3.63, 3.8) is 0 Å². The lowest BCUT2D eigenvalue weighted by Crippen LogP contribution is -2.29. The average molecular weight is 241 g/mol. The minimum Gasteiger partial charge on any atom is -0.490 e. The second kappa shape index (κ2) is 3.83. The first-order valence-corrected chi connectivity index (χ1v) is 9.48. The number of hydrogen-bond donors (Lipinski definition) is 0. The Hall–Kier alpha value is -0.473. The van der Waals surface area contributed by atoms with Crippen LogP contribution < -0.4 is 4.74 Å². The molecule has 0 radical (unpaired) electrons. The van der Waals surface area contributed by atoms with Gasteiger partial charge in [0.2, 0.25) is 0 Å². The molecular weight excluding hydrogens is 224 g/mol. The van der Waals surface area contributed by atoms with Crippen LogP contribution >= 0.6 is 11.6 Å². The van der Waals surface area contributed by atoms with E-state index >= 15 is 0 Å². The van der Waals surface area contributed by atoms with Crippen molar-refractivity contribution in [2.24, 2.45) is 0 Å². The van der Waals surface area contributed by atoms with Gasteiger partial charge in [-0.05, 0) is 29.8 Å². The summed E-state index contributed by atoms with van der Waals surface area (Å²) < 4.78 is 5.91. The minimum absolute atomic E-state index is 0.380. The smallest absolute Gasteiger partial charge is 0.123 e. The molecule has 3 heteroatoms. The zero-order valence-corrected chi connectivity index (χ0v) is 11.3. The van der Waals surface area contributed by atoms with E-state index < -0.39 is 8.07 Å². The first-order valence-electron chi connectivity index (χ1n) is 5.39. The van der Waals surface area contributed by atoms with Gasteiger partial charge in [0.25, 0.3) is 0 Å². The lowest BCUT2D eigenvalue weighted by atomic mass is 10.1. The van der Waals surface area contributed by atoms with E-state index in [1.165, 1.54) is 11.6 Å². The molecule has 0 saturated carbocycles. The van der Waals surface area contributed by atoms with Gasteiger partial charge in [0.15, 0.2) is 0 Å². The van der Waals surface area contributed by atoms with Crippen LogP contribution in [0.1, 0.15) is 5.56 Å². The second-order valence-corrected chi connectivity index (χ2v) is 11.4. The van der Waals surface area contributed by atoms with Crippen molar-refractivity contribution in [1.29, 1.82) is 0 Å². The molecule has 1 aromatic carbocycles. The summed E-state index contributed by atoms with van der Waals surface area (Å²) in [5, 5.41) is 0.811. The number of hydrogen-bond acceptors (Lipinski definition) is 1. The molecule has 1 atom stereocenters. The zero-order chi connectivity index (χ0) is 11.1. The van der Waals surface area contributed by atoms with E-state index in [4.69, 9.17) is 16.3 Å². The number of ether oxygens (including phenoxy) is 1. The fraction of sp³-hybridized carbons (Fsp3) is 0.500. The third-order valence-electron chi connectivity index (χ3n) is 2.60. The standard InChI is InChI=1S/C12H17ClOSi/c1-15(2,3)8-11-7-9-6-10(13)4-5-12(9)14-11/h4-6,11H,7-8H2,1-3H3. The molecular formula is C12H17ClOSi. The third kappa shape index (κ3) is 2.76. The van der Waals surface area contributed by atoms with E-state index in [0.717, 1.165) is 17.2 Å². The molecule has 1 heterocycles. The first-order chi connectivity index (χ1) is 6.94. The third-order valence-corrected chi connectivity index (χ3v) is 4.52. The fourth-order valence-electron chi connectivity index (χ4n) is 2.09. The maximum Gasteiger partial charge on any atom is 0.123 e. The summed E-state index contributed by atoms with van der Waals surface area (Å²) in [4.78, 5) is 0. The molecule has 0 N–H and O–H groups in total. The normalized spacial score (nSPS) is 19.9. The van der Waals surface area contributed by atoms with Gasteiger partial charge in [-0.1, -0.05) is 31.2 Å². The predicted octanol–water partition coefficient (Wildman–Crippen LogP) is 3.98. The van der Waals surface area contributed by atoms with E-state index in [1.54, 1.807) is 0 Å². The van der Waals surface area contributed by atoms with Crippen LogP contribution in [0, 0.1) is 0 Å². The Balaban J connectivity index is 2.09. The van der Waals surface area contributed by atoms with Crippen LogP contribution in [0.4, 0.5) is 0 Å². The molecule has 0 amide bonds. The van der Waals surface area contributed by atoms with E-state index in [9.17, 15) is 0 Å². The van der Waals surface area contributed by atoms with Crippen molar-refractivity contribution in [2.45, 2.75) is 38.2 Å². The number of halogens is 1.